The Morgan fingerprint density at radius 2 is 2.05 bits per heavy atom. The van der Waals surface area contributed by atoms with Gasteiger partial charge in [-0.15, -0.1) is 0 Å². The second kappa shape index (κ2) is 7.18. The van der Waals surface area contributed by atoms with E-state index in [0.29, 0.717) is 17.4 Å². The van der Waals surface area contributed by atoms with Crippen molar-refractivity contribution in [2.24, 2.45) is 5.92 Å². The van der Waals surface area contributed by atoms with Crippen LogP contribution in [0.1, 0.15) is 25.0 Å². The van der Waals surface area contributed by atoms with Crippen LogP contribution in [-0.2, 0) is 6.54 Å². The maximum atomic E-state index is 13.1. The van der Waals surface area contributed by atoms with Gasteiger partial charge in [0.05, 0.1) is 6.20 Å². The van der Waals surface area contributed by atoms with E-state index in [1.807, 2.05) is 13.0 Å². The summed E-state index contributed by atoms with van der Waals surface area (Å²) in [7, 11) is 0. The van der Waals surface area contributed by atoms with Gasteiger partial charge < -0.3 is 10.1 Å². The van der Waals surface area contributed by atoms with Gasteiger partial charge in [-0.25, -0.2) is 4.39 Å². The van der Waals surface area contributed by atoms with Crippen molar-refractivity contribution >= 4 is 0 Å². The fourth-order valence-corrected chi connectivity index (χ4v) is 1.99. The molecule has 21 heavy (non-hydrogen) atoms. The van der Waals surface area contributed by atoms with Gasteiger partial charge in [0.1, 0.15) is 17.3 Å². The van der Waals surface area contributed by atoms with Crippen molar-refractivity contribution in [1.29, 1.82) is 0 Å². The largest absolute Gasteiger partial charge is 0.455 e. The standard InChI is InChI=1S/C17H21FN2O/c1-12(2)9-20-10-14-6-7-19-11-17(14)21-16-5-4-15(18)8-13(16)3/h4-8,11-12,20H,9-10H2,1-3H3. The Morgan fingerprint density at radius 3 is 2.76 bits per heavy atom. The van der Waals surface area contributed by atoms with Gasteiger partial charge >= 0.3 is 0 Å². The highest BCUT2D eigenvalue weighted by Crippen LogP contribution is 2.27. The van der Waals surface area contributed by atoms with Crippen molar-refractivity contribution in [2.45, 2.75) is 27.3 Å². The number of hydrogen-bond acceptors (Lipinski definition) is 3. The molecule has 1 heterocycles. The third-order valence-corrected chi connectivity index (χ3v) is 3.09. The van der Waals surface area contributed by atoms with Crippen LogP contribution in [0.3, 0.4) is 0 Å². The third kappa shape index (κ3) is 4.53. The molecular weight excluding hydrogens is 267 g/mol. The van der Waals surface area contributed by atoms with E-state index in [9.17, 15) is 4.39 Å². The Bertz CT molecular complexity index is 599. The van der Waals surface area contributed by atoms with Gasteiger partial charge in [-0.2, -0.15) is 0 Å². The van der Waals surface area contributed by atoms with Gasteiger partial charge in [0, 0.05) is 18.3 Å². The Hall–Kier alpha value is -1.94. The molecule has 0 saturated heterocycles. The van der Waals surface area contributed by atoms with Gasteiger partial charge in [0.2, 0.25) is 0 Å². The zero-order valence-corrected chi connectivity index (χ0v) is 12.7. The Labute approximate surface area is 125 Å². The smallest absolute Gasteiger partial charge is 0.150 e. The number of nitrogens with one attached hydrogen (secondary N) is 1. The number of aryl methyl sites for hydroxylation is 1. The van der Waals surface area contributed by atoms with Crippen LogP contribution in [0.25, 0.3) is 0 Å². The number of ether oxygens (including phenoxy) is 1. The summed E-state index contributed by atoms with van der Waals surface area (Å²) in [5, 5.41) is 3.38. The first-order chi connectivity index (χ1) is 10.1. The molecule has 112 valence electrons. The molecule has 0 fully saturated rings. The second-order valence-electron chi connectivity index (χ2n) is 5.52. The predicted octanol–water partition coefficient (Wildman–Crippen LogP) is 4.07. The van der Waals surface area contributed by atoms with Crippen LogP contribution < -0.4 is 10.1 Å². The van der Waals surface area contributed by atoms with Crippen LogP contribution in [0.2, 0.25) is 0 Å². The molecule has 0 aliphatic carbocycles. The monoisotopic (exact) mass is 288 g/mol. The number of rotatable bonds is 6. The van der Waals surface area contributed by atoms with Gasteiger partial charge in [-0.3, -0.25) is 4.98 Å². The molecule has 4 heteroatoms. The number of pyridine rings is 1. The van der Waals surface area contributed by atoms with Gasteiger partial charge in [0.15, 0.2) is 0 Å². The highest BCUT2D eigenvalue weighted by atomic mass is 19.1. The molecule has 1 N–H and O–H groups in total. The first kappa shape index (κ1) is 15.4. The second-order valence-corrected chi connectivity index (χ2v) is 5.52. The average molecular weight is 288 g/mol. The van der Waals surface area contributed by atoms with Crippen molar-refractivity contribution in [3.05, 3.63) is 53.6 Å². The number of nitrogens with zero attached hydrogens (tertiary/aromatic N) is 1. The maximum Gasteiger partial charge on any atom is 0.150 e. The zero-order valence-electron chi connectivity index (χ0n) is 12.7. The summed E-state index contributed by atoms with van der Waals surface area (Å²) in [6, 6.07) is 6.43. The molecule has 2 rings (SSSR count). The Balaban J connectivity index is 2.12. The lowest BCUT2D eigenvalue weighted by Crippen LogP contribution is -2.19. The van der Waals surface area contributed by atoms with E-state index >= 15 is 0 Å². The molecule has 0 aliphatic rings. The van der Waals surface area contributed by atoms with E-state index in [-0.39, 0.29) is 5.82 Å². The average Bonchev–Trinajstić information content (AvgIpc) is 2.43. The van der Waals surface area contributed by atoms with Crippen molar-refractivity contribution in [3.8, 4) is 11.5 Å². The fourth-order valence-electron chi connectivity index (χ4n) is 1.99. The van der Waals surface area contributed by atoms with Crippen LogP contribution in [0.15, 0.2) is 36.7 Å². The van der Waals surface area contributed by atoms with Crippen molar-refractivity contribution in [1.82, 2.24) is 10.3 Å². The third-order valence-electron chi connectivity index (χ3n) is 3.09. The summed E-state index contributed by atoms with van der Waals surface area (Å²) < 4.78 is 19.0. The van der Waals surface area contributed by atoms with Crippen LogP contribution >= 0.6 is 0 Å². The molecule has 2 aromatic rings. The van der Waals surface area contributed by atoms with E-state index in [4.69, 9.17) is 4.74 Å². The van der Waals surface area contributed by atoms with Crippen LogP contribution in [-0.4, -0.2) is 11.5 Å². The minimum absolute atomic E-state index is 0.259. The summed E-state index contributed by atoms with van der Waals surface area (Å²) in [6.45, 7) is 7.82. The van der Waals surface area contributed by atoms with E-state index in [1.54, 1.807) is 18.5 Å². The van der Waals surface area contributed by atoms with Crippen LogP contribution in [0.5, 0.6) is 11.5 Å². The molecule has 0 amide bonds. The molecule has 0 spiro atoms. The summed E-state index contributed by atoms with van der Waals surface area (Å²) in [5.74, 6) is 1.68. The molecule has 1 aromatic heterocycles. The van der Waals surface area contributed by atoms with Crippen molar-refractivity contribution in [2.75, 3.05) is 6.54 Å². The van der Waals surface area contributed by atoms with E-state index < -0.39 is 0 Å². The van der Waals surface area contributed by atoms with Gasteiger partial charge in [0.25, 0.3) is 0 Å². The minimum atomic E-state index is -0.259. The predicted molar refractivity (Wildman–Crippen MR) is 82.0 cm³/mol. The maximum absolute atomic E-state index is 13.1. The molecule has 0 atom stereocenters. The van der Waals surface area contributed by atoms with E-state index in [2.05, 4.69) is 24.1 Å². The number of benzene rings is 1. The lowest BCUT2D eigenvalue weighted by molar-refractivity contribution is 0.461. The first-order valence-corrected chi connectivity index (χ1v) is 7.14. The summed E-state index contributed by atoms with van der Waals surface area (Å²) in [5.41, 5.74) is 1.80. The van der Waals surface area contributed by atoms with E-state index in [0.717, 1.165) is 24.2 Å². The first-order valence-electron chi connectivity index (χ1n) is 7.14. The molecule has 0 saturated carbocycles. The van der Waals surface area contributed by atoms with Crippen LogP contribution in [0, 0.1) is 18.7 Å². The lowest BCUT2D eigenvalue weighted by Gasteiger charge is -2.13. The number of halogens is 1. The SMILES string of the molecule is Cc1cc(F)ccc1Oc1cnccc1CNCC(C)C. The molecule has 0 aliphatic heterocycles. The van der Waals surface area contributed by atoms with Crippen molar-refractivity contribution in [3.63, 3.8) is 0 Å². The Morgan fingerprint density at radius 1 is 1.24 bits per heavy atom. The van der Waals surface area contributed by atoms with Gasteiger partial charge in [-0.05, 0) is 49.2 Å². The lowest BCUT2D eigenvalue weighted by atomic mass is 10.2. The molecule has 0 bridgehead atoms. The summed E-state index contributed by atoms with van der Waals surface area (Å²) in [4.78, 5) is 4.11. The number of hydrogen-bond donors (Lipinski definition) is 1. The molecule has 1 aromatic carbocycles. The topological polar surface area (TPSA) is 34.1 Å². The van der Waals surface area contributed by atoms with Crippen LogP contribution in [0.4, 0.5) is 4.39 Å². The highest BCUT2D eigenvalue weighted by molar-refractivity contribution is 5.39. The van der Waals surface area contributed by atoms with Gasteiger partial charge in [-0.1, -0.05) is 13.8 Å². The molecular formula is C17H21FN2O. The molecule has 0 radical (unpaired) electrons. The minimum Gasteiger partial charge on any atom is -0.455 e. The quantitative estimate of drug-likeness (QED) is 0.870. The van der Waals surface area contributed by atoms with Crippen molar-refractivity contribution < 1.29 is 9.13 Å². The number of aromatic nitrogens is 1. The Kier molecular flexibility index (Phi) is 5.28. The zero-order chi connectivity index (χ0) is 15.2. The molecule has 0 unspecified atom stereocenters. The molecule has 3 nitrogen and oxygen atoms in total. The van der Waals surface area contributed by atoms with E-state index in [1.165, 1.54) is 12.1 Å². The fraction of sp³-hybridized carbons (Fsp3) is 0.353. The highest BCUT2D eigenvalue weighted by Gasteiger charge is 2.08. The summed E-state index contributed by atoms with van der Waals surface area (Å²) >= 11 is 0. The summed E-state index contributed by atoms with van der Waals surface area (Å²) in [6.07, 6.45) is 3.44. The normalized spacial score (nSPS) is 10.9.